The second-order valence-corrected chi connectivity index (χ2v) is 6.92. The van der Waals surface area contributed by atoms with Crippen molar-refractivity contribution in [2.45, 2.75) is 0 Å². The zero-order valence-electron chi connectivity index (χ0n) is 15.1. The van der Waals surface area contributed by atoms with Gasteiger partial charge in [-0.1, -0.05) is 23.7 Å². The van der Waals surface area contributed by atoms with Gasteiger partial charge >= 0.3 is 0 Å². The normalized spacial score (nSPS) is 10.8. The van der Waals surface area contributed by atoms with E-state index in [0.29, 0.717) is 10.8 Å². The summed E-state index contributed by atoms with van der Waals surface area (Å²) in [4.78, 5) is 11.6. The molecule has 0 spiro atoms. The third kappa shape index (κ3) is 3.71. The van der Waals surface area contributed by atoms with Crippen molar-refractivity contribution in [3.05, 3.63) is 77.8 Å². The van der Waals surface area contributed by atoms with Crippen molar-refractivity contribution in [2.24, 2.45) is 0 Å². The fraction of sp³-hybridized carbons (Fsp3) is 0.0909. The standard InChI is InChI=1S/C22H19ClN4/c1-27(2)18-13-11-17(12-14-18)24-22-19-5-3-4-6-20(19)25-21(26-22)15-7-9-16(23)10-8-15/h3-14H,1-2H3,(H,24,25,26). The van der Waals surface area contributed by atoms with Gasteiger partial charge in [-0.25, -0.2) is 9.97 Å². The summed E-state index contributed by atoms with van der Waals surface area (Å²) >= 11 is 6.01. The molecular formula is C22H19ClN4. The fourth-order valence-electron chi connectivity index (χ4n) is 2.88. The molecule has 4 rings (SSSR count). The maximum Gasteiger partial charge on any atom is 0.162 e. The van der Waals surface area contributed by atoms with Crippen molar-refractivity contribution in [2.75, 3.05) is 24.3 Å². The topological polar surface area (TPSA) is 41.0 Å². The molecule has 5 heteroatoms. The van der Waals surface area contributed by atoms with Gasteiger partial charge in [0, 0.05) is 41.4 Å². The average molecular weight is 375 g/mol. The van der Waals surface area contributed by atoms with Crippen LogP contribution in [0.25, 0.3) is 22.3 Å². The summed E-state index contributed by atoms with van der Waals surface area (Å²) in [6.45, 7) is 0. The van der Waals surface area contributed by atoms with Crippen molar-refractivity contribution in [1.82, 2.24) is 9.97 Å². The van der Waals surface area contributed by atoms with Crippen LogP contribution in [-0.4, -0.2) is 24.1 Å². The van der Waals surface area contributed by atoms with Gasteiger partial charge in [0.2, 0.25) is 0 Å². The van der Waals surface area contributed by atoms with Crippen molar-refractivity contribution < 1.29 is 0 Å². The van der Waals surface area contributed by atoms with E-state index in [0.717, 1.165) is 33.7 Å². The van der Waals surface area contributed by atoms with Gasteiger partial charge in [0.1, 0.15) is 5.82 Å². The number of nitrogens with one attached hydrogen (secondary N) is 1. The first-order valence-electron chi connectivity index (χ1n) is 8.67. The Morgan fingerprint density at radius 2 is 1.52 bits per heavy atom. The van der Waals surface area contributed by atoms with Crippen LogP contribution in [0.4, 0.5) is 17.2 Å². The molecule has 27 heavy (non-hydrogen) atoms. The van der Waals surface area contributed by atoms with E-state index in [-0.39, 0.29) is 0 Å². The van der Waals surface area contributed by atoms with E-state index in [1.165, 1.54) is 0 Å². The van der Waals surface area contributed by atoms with E-state index in [2.05, 4.69) is 22.3 Å². The number of hydrogen-bond donors (Lipinski definition) is 1. The van der Waals surface area contributed by atoms with Crippen LogP contribution in [0.15, 0.2) is 72.8 Å². The third-order valence-electron chi connectivity index (χ3n) is 4.35. The van der Waals surface area contributed by atoms with Crippen LogP contribution in [-0.2, 0) is 0 Å². The highest BCUT2D eigenvalue weighted by Gasteiger charge is 2.10. The predicted molar refractivity (Wildman–Crippen MR) is 114 cm³/mol. The summed E-state index contributed by atoms with van der Waals surface area (Å²) < 4.78 is 0. The van der Waals surface area contributed by atoms with Gasteiger partial charge in [0.25, 0.3) is 0 Å². The van der Waals surface area contributed by atoms with Crippen LogP contribution in [0.2, 0.25) is 5.02 Å². The van der Waals surface area contributed by atoms with E-state index in [9.17, 15) is 0 Å². The molecule has 0 saturated heterocycles. The molecule has 0 amide bonds. The maximum absolute atomic E-state index is 6.01. The molecule has 0 atom stereocenters. The summed E-state index contributed by atoms with van der Waals surface area (Å²) in [6, 6.07) is 23.8. The van der Waals surface area contributed by atoms with Crippen LogP contribution in [0, 0.1) is 0 Å². The minimum atomic E-state index is 0.665. The van der Waals surface area contributed by atoms with Crippen molar-refractivity contribution in [3.8, 4) is 11.4 Å². The van der Waals surface area contributed by atoms with Crippen LogP contribution in [0.5, 0.6) is 0 Å². The van der Waals surface area contributed by atoms with Gasteiger partial charge in [0.15, 0.2) is 5.82 Å². The number of halogens is 1. The Kier molecular flexibility index (Phi) is 4.65. The first kappa shape index (κ1) is 17.3. The Morgan fingerprint density at radius 1 is 0.815 bits per heavy atom. The molecule has 0 aliphatic rings. The molecule has 0 fully saturated rings. The average Bonchev–Trinajstić information content (AvgIpc) is 2.69. The molecule has 1 aromatic heterocycles. The smallest absolute Gasteiger partial charge is 0.162 e. The zero-order chi connectivity index (χ0) is 18.8. The molecule has 0 aliphatic carbocycles. The Morgan fingerprint density at radius 3 is 2.22 bits per heavy atom. The Balaban J connectivity index is 1.77. The van der Waals surface area contributed by atoms with Gasteiger partial charge in [0.05, 0.1) is 5.52 Å². The summed E-state index contributed by atoms with van der Waals surface area (Å²) in [5, 5.41) is 5.11. The van der Waals surface area contributed by atoms with Crippen molar-refractivity contribution >= 4 is 39.7 Å². The molecular weight excluding hydrogens is 356 g/mol. The van der Waals surface area contributed by atoms with Gasteiger partial charge < -0.3 is 10.2 Å². The number of aromatic nitrogens is 2. The number of benzene rings is 3. The summed E-state index contributed by atoms with van der Waals surface area (Å²) in [6.07, 6.45) is 0. The molecule has 134 valence electrons. The lowest BCUT2D eigenvalue weighted by Gasteiger charge is -2.14. The second-order valence-electron chi connectivity index (χ2n) is 6.49. The molecule has 0 bridgehead atoms. The van der Waals surface area contributed by atoms with Crippen molar-refractivity contribution in [1.29, 1.82) is 0 Å². The predicted octanol–water partition coefficient (Wildman–Crippen LogP) is 5.76. The molecule has 4 aromatic rings. The Bertz CT molecular complexity index is 1070. The molecule has 4 nitrogen and oxygen atoms in total. The minimum absolute atomic E-state index is 0.665. The highest BCUT2D eigenvalue weighted by molar-refractivity contribution is 6.30. The highest BCUT2D eigenvalue weighted by atomic mass is 35.5. The number of para-hydroxylation sites is 1. The molecule has 0 aliphatic heterocycles. The summed E-state index contributed by atoms with van der Waals surface area (Å²) in [5.41, 5.74) is 3.95. The van der Waals surface area contributed by atoms with E-state index in [1.54, 1.807) is 0 Å². The maximum atomic E-state index is 6.01. The summed E-state index contributed by atoms with van der Waals surface area (Å²) in [5.74, 6) is 1.45. The second kappa shape index (κ2) is 7.25. The van der Waals surface area contributed by atoms with Gasteiger partial charge in [-0.15, -0.1) is 0 Å². The largest absolute Gasteiger partial charge is 0.378 e. The lowest BCUT2D eigenvalue weighted by molar-refractivity contribution is 1.13. The molecule has 0 radical (unpaired) electrons. The SMILES string of the molecule is CN(C)c1ccc(Nc2nc(-c3ccc(Cl)cc3)nc3ccccc23)cc1. The number of nitrogens with zero attached hydrogens (tertiary/aromatic N) is 3. The molecule has 0 saturated carbocycles. The summed E-state index contributed by atoms with van der Waals surface area (Å²) in [7, 11) is 4.05. The van der Waals surface area contributed by atoms with Gasteiger partial charge in [-0.3, -0.25) is 0 Å². The third-order valence-corrected chi connectivity index (χ3v) is 4.60. The van der Waals surface area contributed by atoms with E-state index < -0.39 is 0 Å². The first-order chi connectivity index (χ1) is 13.1. The lowest BCUT2D eigenvalue weighted by Crippen LogP contribution is -2.08. The van der Waals surface area contributed by atoms with Crippen LogP contribution in [0.1, 0.15) is 0 Å². The van der Waals surface area contributed by atoms with Gasteiger partial charge in [-0.2, -0.15) is 0 Å². The van der Waals surface area contributed by atoms with Crippen molar-refractivity contribution in [3.63, 3.8) is 0 Å². The first-order valence-corrected chi connectivity index (χ1v) is 9.05. The number of rotatable bonds is 4. The molecule has 1 N–H and O–H groups in total. The fourth-order valence-corrected chi connectivity index (χ4v) is 3.01. The van der Waals surface area contributed by atoms with E-state index >= 15 is 0 Å². The molecule has 0 unspecified atom stereocenters. The Hall–Kier alpha value is -3.11. The Labute approximate surface area is 163 Å². The molecule has 3 aromatic carbocycles. The van der Waals surface area contributed by atoms with Crippen LogP contribution < -0.4 is 10.2 Å². The lowest BCUT2D eigenvalue weighted by atomic mass is 10.1. The monoisotopic (exact) mass is 374 g/mol. The minimum Gasteiger partial charge on any atom is -0.378 e. The van der Waals surface area contributed by atoms with Gasteiger partial charge in [-0.05, 0) is 60.7 Å². The zero-order valence-corrected chi connectivity index (χ0v) is 15.9. The molecule has 1 heterocycles. The van der Waals surface area contributed by atoms with E-state index in [1.807, 2.05) is 74.8 Å². The quantitative estimate of drug-likeness (QED) is 0.493. The van der Waals surface area contributed by atoms with Crippen LogP contribution >= 0.6 is 11.6 Å². The highest BCUT2D eigenvalue weighted by Crippen LogP contribution is 2.28. The van der Waals surface area contributed by atoms with Crippen LogP contribution in [0.3, 0.4) is 0 Å². The number of hydrogen-bond acceptors (Lipinski definition) is 4. The number of fused-ring (bicyclic) bond motifs is 1. The van der Waals surface area contributed by atoms with E-state index in [4.69, 9.17) is 21.6 Å². The number of anilines is 3.